The highest BCUT2D eigenvalue weighted by Gasteiger charge is 2.30. The van der Waals surface area contributed by atoms with E-state index >= 15 is 4.39 Å². The molecule has 32 heavy (non-hydrogen) atoms. The fourth-order valence-electron chi connectivity index (χ4n) is 3.45. The van der Waals surface area contributed by atoms with Crippen LogP contribution < -0.4 is 4.72 Å². The van der Waals surface area contributed by atoms with Crippen molar-refractivity contribution < 1.29 is 26.7 Å². The highest BCUT2D eigenvalue weighted by atomic mass is 32.2. The Balaban J connectivity index is 1.73. The van der Waals surface area contributed by atoms with Crippen LogP contribution in [0.3, 0.4) is 0 Å². The molecule has 0 amide bonds. The number of ether oxygens (including phenoxy) is 1. The number of hydrogen-bond acceptors (Lipinski definition) is 5. The summed E-state index contributed by atoms with van der Waals surface area (Å²) in [6.45, 7) is 1.71. The normalized spacial score (nSPS) is 18.6. The third-order valence-electron chi connectivity index (χ3n) is 5.29. The number of hydrogen-bond donors (Lipinski definition) is 2. The van der Waals surface area contributed by atoms with E-state index < -0.39 is 44.3 Å². The van der Waals surface area contributed by atoms with Gasteiger partial charge in [-0.15, -0.1) is 0 Å². The highest BCUT2D eigenvalue weighted by Crippen LogP contribution is 2.30. The van der Waals surface area contributed by atoms with Crippen LogP contribution in [0.2, 0.25) is 0 Å². The minimum absolute atomic E-state index is 0.0136. The standard InChI is InChI=1S/C22H19F2N3O4S/c1-22(31-2)9-3-5-13(11-22)32(29,30)27-17-8-7-16(23)18(19(17)24)20(28)15-12-26-21-14(15)6-4-10-25-21/h3-8,10-12,27H,9H2,1-2H3,(H,25,26). The maximum absolute atomic E-state index is 15.2. The number of methoxy groups -OCH3 is 1. The molecule has 1 atom stereocenters. The van der Waals surface area contributed by atoms with Crippen molar-refractivity contribution in [2.75, 3.05) is 11.8 Å². The van der Waals surface area contributed by atoms with Gasteiger partial charge in [0.15, 0.2) is 5.82 Å². The molecular formula is C22H19F2N3O4S. The van der Waals surface area contributed by atoms with Gasteiger partial charge in [0.2, 0.25) is 5.78 Å². The van der Waals surface area contributed by atoms with Crippen LogP contribution in [0.5, 0.6) is 0 Å². The first-order valence-electron chi connectivity index (χ1n) is 9.57. The molecule has 3 aromatic rings. The summed E-state index contributed by atoms with van der Waals surface area (Å²) < 4.78 is 62.8. The zero-order valence-corrected chi connectivity index (χ0v) is 18.0. The smallest absolute Gasteiger partial charge is 0.261 e. The van der Waals surface area contributed by atoms with Gasteiger partial charge in [-0.25, -0.2) is 22.2 Å². The monoisotopic (exact) mass is 459 g/mol. The molecule has 2 N–H and O–H groups in total. The Hall–Kier alpha value is -3.37. The van der Waals surface area contributed by atoms with Crippen LogP contribution in [-0.2, 0) is 14.8 Å². The number of carbonyl (C=O) groups excluding carboxylic acids is 1. The minimum atomic E-state index is -4.23. The minimum Gasteiger partial charge on any atom is -0.374 e. The third-order valence-corrected chi connectivity index (χ3v) is 6.65. The molecular weight excluding hydrogens is 440 g/mol. The molecule has 0 fully saturated rings. The van der Waals surface area contributed by atoms with Crippen molar-refractivity contribution >= 4 is 32.5 Å². The Bertz CT molecular complexity index is 1400. The van der Waals surface area contributed by atoms with Crippen molar-refractivity contribution in [1.29, 1.82) is 0 Å². The summed E-state index contributed by atoms with van der Waals surface area (Å²) in [6.07, 6.45) is 7.67. The lowest BCUT2D eigenvalue weighted by molar-refractivity contribution is 0.0503. The number of H-pyrrole nitrogens is 1. The number of benzene rings is 1. The molecule has 0 saturated heterocycles. The Labute approximate surface area is 182 Å². The number of nitrogens with one attached hydrogen (secondary N) is 2. The summed E-state index contributed by atoms with van der Waals surface area (Å²) >= 11 is 0. The van der Waals surface area contributed by atoms with Gasteiger partial charge in [0.05, 0.1) is 21.8 Å². The Morgan fingerprint density at radius 3 is 2.81 bits per heavy atom. The molecule has 1 unspecified atom stereocenters. The van der Waals surface area contributed by atoms with Gasteiger partial charge < -0.3 is 9.72 Å². The molecule has 4 rings (SSSR count). The molecule has 7 nitrogen and oxygen atoms in total. The van der Waals surface area contributed by atoms with Crippen molar-refractivity contribution in [3.63, 3.8) is 0 Å². The second-order valence-electron chi connectivity index (χ2n) is 7.49. The number of ketones is 1. The average molecular weight is 459 g/mol. The first-order valence-corrected chi connectivity index (χ1v) is 11.1. The molecule has 1 aliphatic carbocycles. The van der Waals surface area contributed by atoms with Crippen LogP contribution >= 0.6 is 0 Å². The van der Waals surface area contributed by atoms with Crippen LogP contribution in [0.4, 0.5) is 14.5 Å². The van der Waals surface area contributed by atoms with Gasteiger partial charge in [-0.1, -0.05) is 6.08 Å². The van der Waals surface area contributed by atoms with Gasteiger partial charge in [0, 0.05) is 30.5 Å². The highest BCUT2D eigenvalue weighted by molar-refractivity contribution is 7.96. The third kappa shape index (κ3) is 3.82. The molecule has 166 valence electrons. The van der Waals surface area contributed by atoms with Crippen LogP contribution in [0.1, 0.15) is 29.3 Å². The Kier molecular flexibility index (Phi) is 5.43. The maximum Gasteiger partial charge on any atom is 0.261 e. The molecule has 0 bridgehead atoms. The van der Waals surface area contributed by atoms with E-state index in [1.54, 1.807) is 25.1 Å². The lowest BCUT2D eigenvalue weighted by Gasteiger charge is -2.26. The fraction of sp³-hybridized carbons (Fsp3) is 0.182. The van der Waals surface area contributed by atoms with Crippen molar-refractivity contribution in [1.82, 2.24) is 9.97 Å². The molecule has 0 radical (unpaired) electrons. The van der Waals surface area contributed by atoms with Crippen LogP contribution in [0, 0.1) is 11.6 Å². The van der Waals surface area contributed by atoms with Gasteiger partial charge in [0.1, 0.15) is 11.5 Å². The number of nitrogens with zero attached hydrogens (tertiary/aromatic N) is 1. The Morgan fingerprint density at radius 1 is 1.28 bits per heavy atom. The number of pyridine rings is 1. The number of carbonyl (C=O) groups is 1. The fourth-order valence-corrected chi connectivity index (χ4v) is 4.69. The van der Waals surface area contributed by atoms with Crippen LogP contribution in [-0.4, -0.2) is 36.9 Å². The van der Waals surface area contributed by atoms with Crippen LogP contribution in [0.25, 0.3) is 11.0 Å². The summed E-state index contributed by atoms with van der Waals surface area (Å²) in [5.74, 6) is -3.37. The second-order valence-corrected chi connectivity index (χ2v) is 9.17. The summed E-state index contributed by atoms with van der Waals surface area (Å²) in [5, 5.41) is 0.388. The zero-order chi connectivity index (χ0) is 23.1. The Morgan fingerprint density at radius 2 is 2.06 bits per heavy atom. The molecule has 0 aliphatic heterocycles. The van der Waals surface area contributed by atoms with E-state index in [0.717, 1.165) is 12.1 Å². The quantitative estimate of drug-likeness (QED) is 0.542. The van der Waals surface area contributed by atoms with Crippen LogP contribution in [0.15, 0.2) is 59.8 Å². The molecule has 1 aromatic carbocycles. The topological polar surface area (TPSA) is 101 Å². The van der Waals surface area contributed by atoms with E-state index in [-0.39, 0.29) is 10.5 Å². The molecule has 0 saturated carbocycles. The van der Waals surface area contributed by atoms with Crippen molar-refractivity contribution in [2.24, 2.45) is 0 Å². The number of sulfonamides is 1. The number of aromatic nitrogens is 2. The van der Waals surface area contributed by atoms with E-state index in [1.165, 1.54) is 31.7 Å². The predicted octanol–water partition coefficient (Wildman–Crippen LogP) is 4.06. The first-order chi connectivity index (χ1) is 15.1. The van der Waals surface area contributed by atoms with Gasteiger partial charge in [-0.2, -0.15) is 0 Å². The number of anilines is 1. The number of rotatable bonds is 6. The molecule has 1 aliphatic rings. The van der Waals surface area contributed by atoms with Crippen molar-refractivity contribution in [3.8, 4) is 0 Å². The number of allylic oxidation sites excluding steroid dienone is 1. The SMILES string of the molecule is COC1(C)C=C(S(=O)(=O)Nc2ccc(F)c(C(=O)c3c[nH]c4ncccc34)c2F)C=CC1. The lowest BCUT2D eigenvalue weighted by atomic mass is 9.98. The lowest BCUT2D eigenvalue weighted by Crippen LogP contribution is -2.28. The van der Waals surface area contributed by atoms with Gasteiger partial charge in [-0.05, 0) is 49.8 Å². The predicted molar refractivity (Wildman–Crippen MR) is 116 cm³/mol. The summed E-state index contributed by atoms with van der Waals surface area (Å²) in [4.78, 5) is 19.7. The second kappa shape index (κ2) is 7.95. The molecule has 0 spiro atoms. The number of fused-ring (bicyclic) bond motifs is 1. The van der Waals surface area contributed by atoms with Gasteiger partial charge in [0.25, 0.3) is 10.0 Å². The average Bonchev–Trinajstić information content (AvgIpc) is 3.20. The van der Waals surface area contributed by atoms with E-state index in [4.69, 9.17) is 4.74 Å². The molecule has 10 heteroatoms. The summed E-state index contributed by atoms with van der Waals surface area (Å²) in [7, 11) is -2.78. The molecule has 2 aromatic heterocycles. The summed E-state index contributed by atoms with van der Waals surface area (Å²) in [5.41, 5.74) is -1.87. The van der Waals surface area contributed by atoms with Crippen molar-refractivity contribution in [3.05, 3.63) is 82.6 Å². The van der Waals surface area contributed by atoms with Gasteiger partial charge >= 0.3 is 0 Å². The number of halogens is 2. The van der Waals surface area contributed by atoms with Crippen molar-refractivity contribution in [2.45, 2.75) is 18.9 Å². The maximum atomic E-state index is 15.2. The zero-order valence-electron chi connectivity index (χ0n) is 17.1. The number of aromatic amines is 1. The van der Waals surface area contributed by atoms with E-state index in [2.05, 4.69) is 14.7 Å². The van der Waals surface area contributed by atoms with E-state index in [0.29, 0.717) is 17.5 Å². The van der Waals surface area contributed by atoms with E-state index in [9.17, 15) is 17.6 Å². The molecule has 2 heterocycles. The summed E-state index contributed by atoms with van der Waals surface area (Å²) in [6, 6.07) is 4.94. The van der Waals surface area contributed by atoms with Gasteiger partial charge in [-0.3, -0.25) is 9.52 Å². The largest absolute Gasteiger partial charge is 0.374 e. The first kappa shape index (κ1) is 21.8. The van der Waals surface area contributed by atoms with E-state index in [1.807, 2.05) is 0 Å².